The molecule has 0 fully saturated rings. The molecule has 0 N–H and O–H groups in total. The van der Waals surface area contributed by atoms with Crippen molar-refractivity contribution in [3.63, 3.8) is 0 Å². The van der Waals surface area contributed by atoms with Gasteiger partial charge in [0.2, 0.25) is 0 Å². The summed E-state index contributed by atoms with van der Waals surface area (Å²) in [7, 11) is 0. The Hall–Kier alpha value is -4.86. The first-order valence-corrected chi connectivity index (χ1v) is 9.25. The summed E-state index contributed by atoms with van der Waals surface area (Å²) in [5, 5.41) is 21.3. The van der Waals surface area contributed by atoms with E-state index in [2.05, 4.69) is 9.98 Å². The van der Waals surface area contributed by atoms with E-state index in [1.807, 2.05) is 48.5 Å². The van der Waals surface area contributed by atoms with E-state index in [4.69, 9.17) is 8.83 Å². The minimum Gasteiger partial charge on any atom is -0.400 e. The fourth-order valence-corrected chi connectivity index (χ4v) is 2.78. The van der Waals surface area contributed by atoms with E-state index in [9.17, 15) is 20.2 Å². The zero-order valence-electron chi connectivity index (χ0n) is 16.3. The van der Waals surface area contributed by atoms with Gasteiger partial charge in [0.25, 0.3) is 0 Å². The number of nitro groups is 2. The molecule has 0 saturated carbocycles. The fourth-order valence-electron chi connectivity index (χ4n) is 2.78. The highest BCUT2D eigenvalue weighted by atomic mass is 16.7. The van der Waals surface area contributed by atoms with Crippen LogP contribution in [0.2, 0.25) is 0 Å². The number of aliphatic imine (C=N–C) groups is 2. The van der Waals surface area contributed by atoms with Crippen LogP contribution in [0.5, 0.6) is 0 Å². The summed E-state index contributed by atoms with van der Waals surface area (Å²) < 4.78 is 10.1. The zero-order valence-corrected chi connectivity index (χ0v) is 16.3. The smallest absolute Gasteiger partial charge is 0.400 e. The van der Waals surface area contributed by atoms with Crippen molar-refractivity contribution in [2.45, 2.75) is 0 Å². The standard InChI is InChI=1S/C22H14N4O6/c27-25(28)21-11-9-19(31-21)13-23-17-5-1-15(2-6-17)16-3-7-18(8-4-16)24-14-20-10-12-22(32-20)26(29)30/h1-14H. The molecule has 0 aliphatic heterocycles. The first-order valence-electron chi connectivity index (χ1n) is 9.25. The highest BCUT2D eigenvalue weighted by Gasteiger charge is 2.11. The molecule has 0 aliphatic carbocycles. The molecule has 2 heterocycles. The average molecular weight is 430 g/mol. The predicted octanol–water partition coefficient (Wildman–Crippen LogP) is 5.86. The third kappa shape index (κ3) is 4.82. The van der Waals surface area contributed by atoms with Crippen molar-refractivity contribution in [3.05, 3.63) is 105 Å². The van der Waals surface area contributed by atoms with Crippen LogP contribution in [0.3, 0.4) is 0 Å². The van der Waals surface area contributed by atoms with Gasteiger partial charge in [-0.05, 0) is 47.5 Å². The van der Waals surface area contributed by atoms with Crippen molar-refractivity contribution in [2.75, 3.05) is 0 Å². The monoisotopic (exact) mass is 430 g/mol. The van der Waals surface area contributed by atoms with Gasteiger partial charge >= 0.3 is 11.8 Å². The van der Waals surface area contributed by atoms with Gasteiger partial charge in [0, 0.05) is 0 Å². The van der Waals surface area contributed by atoms with Gasteiger partial charge in [-0.25, -0.2) is 0 Å². The normalized spacial score (nSPS) is 11.4. The van der Waals surface area contributed by atoms with Crippen molar-refractivity contribution in [2.24, 2.45) is 9.98 Å². The van der Waals surface area contributed by atoms with Crippen LogP contribution in [-0.2, 0) is 0 Å². The topological polar surface area (TPSA) is 137 Å². The first kappa shape index (κ1) is 20.4. The van der Waals surface area contributed by atoms with Gasteiger partial charge in [-0.2, -0.15) is 0 Å². The summed E-state index contributed by atoms with van der Waals surface area (Å²) in [6, 6.07) is 20.4. The summed E-state index contributed by atoms with van der Waals surface area (Å²) in [5.41, 5.74) is 3.27. The lowest BCUT2D eigenvalue weighted by atomic mass is 10.1. The summed E-state index contributed by atoms with van der Waals surface area (Å²) >= 11 is 0. The van der Waals surface area contributed by atoms with Crippen molar-refractivity contribution in [1.29, 1.82) is 0 Å². The van der Waals surface area contributed by atoms with Crippen LogP contribution in [0.25, 0.3) is 11.1 Å². The van der Waals surface area contributed by atoms with Crippen molar-refractivity contribution in [3.8, 4) is 11.1 Å². The Morgan fingerprint density at radius 2 is 0.969 bits per heavy atom. The minimum absolute atomic E-state index is 0.293. The maximum Gasteiger partial charge on any atom is 0.433 e. The lowest BCUT2D eigenvalue weighted by Crippen LogP contribution is -1.83. The third-order valence-corrected chi connectivity index (χ3v) is 4.33. The summed E-state index contributed by atoms with van der Waals surface area (Å²) in [5.74, 6) is -0.0812. The van der Waals surface area contributed by atoms with E-state index in [1.165, 1.54) is 36.7 Å². The summed E-state index contributed by atoms with van der Waals surface area (Å²) in [4.78, 5) is 28.6. The summed E-state index contributed by atoms with van der Waals surface area (Å²) in [6.45, 7) is 0. The molecular weight excluding hydrogens is 416 g/mol. The van der Waals surface area contributed by atoms with Crippen molar-refractivity contribution < 1.29 is 18.7 Å². The van der Waals surface area contributed by atoms with Crippen LogP contribution in [0.15, 0.2) is 91.6 Å². The molecule has 0 aliphatic rings. The van der Waals surface area contributed by atoms with Crippen LogP contribution in [0.4, 0.5) is 23.1 Å². The second kappa shape index (κ2) is 8.88. The Morgan fingerprint density at radius 3 is 1.28 bits per heavy atom. The van der Waals surface area contributed by atoms with Crippen molar-refractivity contribution >= 4 is 35.6 Å². The van der Waals surface area contributed by atoms with E-state index in [0.717, 1.165) is 11.1 Å². The van der Waals surface area contributed by atoms with E-state index in [0.29, 0.717) is 22.9 Å². The number of hydrogen-bond acceptors (Lipinski definition) is 8. The second-order valence-electron chi connectivity index (χ2n) is 6.48. The Morgan fingerprint density at radius 1 is 0.594 bits per heavy atom. The molecule has 10 heteroatoms. The first-order chi connectivity index (χ1) is 15.5. The van der Waals surface area contributed by atoms with Crippen LogP contribution >= 0.6 is 0 Å². The number of hydrogen-bond donors (Lipinski definition) is 0. The van der Waals surface area contributed by atoms with E-state index < -0.39 is 9.85 Å². The Labute approximate surface area is 180 Å². The maximum atomic E-state index is 10.6. The zero-order chi connectivity index (χ0) is 22.5. The molecule has 0 saturated heterocycles. The van der Waals surface area contributed by atoms with Gasteiger partial charge in [-0.1, -0.05) is 24.3 Å². The van der Waals surface area contributed by atoms with Gasteiger partial charge < -0.3 is 8.83 Å². The molecule has 0 bridgehead atoms. The molecular formula is C22H14N4O6. The average Bonchev–Trinajstić information content (AvgIpc) is 3.47. The van der Waals surface area contributed by atoms with E-state index >= 15 is 0 Å². The summed E-state index contributed by atoms with van der Waals surface area (Å²) in [6.07, 6.45) is 2.84. The van der Waals surface area contributed by atoms with Crippen LogP contribution in [0.1, 0.15) is 11.5 Å². The number of rotatable bonds is 7. The Kier molecular flexibility index (Phi) is 5.66. The number of nitrogens with zero attached hydrogens (tertiary/aromatic N) is 4. The molecule has 0 spiro atoms. The van der Waals surface area contributed by atoms with Gasteiger partial charge in [0.15, 0.2) is 11.5 Å². The molecule has 32 heavy (non-hydrogen) atoms. The second-order valence-corrected chi connectivity index (χ2v) is 6.48. The van der Waals surface area contributed by atoms with Gasteiger partial charge in [-0.3, -0.25) is 30.2 Å². The minimum atomic E-state index is -0.605. The molecule has 10 nitrogen and oxygen atoms in total. The molecule has 0 radical (unpaired) electrons. The van der Waals surface area contributed by atoms with E-state index in [-0.39, 0.29) is 11.8 Å². The molecule has 0 atom stereocenters. The lowest BCUT2D eigenvalue weighted by Gasteiger charge is -2.03. The SMILES string of the molecule is O=[N+]([O-])c1ccc(C=Nc2ccc(-c3ccc(N=Cc4ccc([N+](=O)[O-])o4)cc3)cc2)o1. The molecule has 158 valence electrons. The van der Waals surface area contributed by atoms with Gasteiger partial charge in [0.05, 0.1) is 35.9 Å². The highest BCUT2D eigenvalue weighted by molar-refractivity contribution is 5.80. The number of furan rings is 2. The maximum absolute atomic E-state index is 10.6. The van der Waals surface area contributed by atoms with Crippen molar-refractivity contribution in [1.82, 2.24) is 0 Å². The Bertz CT molecular complexity index is 1210. The predicted molar refractivity (Wildman–Crippen MR) is 117 cm³/mol. The van der Waals surface area contributed by atoms with Gasteiger partial charge in [-0.15, -0.1) is 0 Å². The molecule has 0 amide bonds. The number of benzene rings is 2. The lowest BCUT2D eigenvalue weighted by molar-refractivity contribution is -0.402. The fraction of sp³-hybridized carbons (Fsp3) is 0. The Balaban J connectivity index is 1.41. The molecule has 0 unspecified atom stereocenters. The molecule has 4 aromatic rings. The van der Waals surface area contributed by atoms with E-state index in [1.54, 1.807) is 0 Å². The quantitative estimate of drug-likeness (QED) is 0.205. The molecule has 2 aromatic heterocycles. The third-order valence-electron chi connectivity index (χ3n) is 4.33. The van der Waals surface area contributed by atoms with Crippen LogP contribution in [0, 0.1) is 20.2 Å². The van der Waals surface area contributed by atoms with Gasteiger partial charge in [0.1, 0.15) is 9.85 Å². The van der Waals surface area contributed by atoms with Crippen LogP contribution < -0.4 is 0 Å². The van der Waals surface area contributed by atoms with Crippen LogP contribution in [-0.4, -0.2) is 22.3 Å². The molecule has 4 rings (SSSR count). The molecule has 2 aromatic carbocycles. The largest absolute Gasteiger partial charge is 0.433 e. The highest BCUT2D eigenvalue weighted by Crippen LogP contribution is 2.25.